The van der Waals surface area contributed by atoms with E-state index >= 15 is 0 Å². The summed E-state index contributed by atoms with van der Waals surface area (Å²) in [5.41, 5.74) is 0.102. The van der Waals surface area contributed by atoms with Crippen LogP contribution >= 0.6 is 0 Å². The minimum atomic E-state index is -2.67. The van der Waals surface area contributed by atoms with Gasteiger partial charge in [-0.25, -0.2) is 8.78 Å². The van der Waals surface area contributed by atoms with Crippen molar-refractivity contribution in [1.29, 1.82) is 0 Å². The first kappa shape index (κ1) is 16.1. The standard InChI is InChI=1S/C20H30F2O/c1-12-18(2)9-7-16-15(17(18)11-20(12,21)22)5-4-13-10-14(23)6-8-19(13,16)3/h13-17,23H,1,4-11H2,2-3H3/t13-,14-,15?,16?,17?,18+,19-/m0/s1. The van der Waals surface area contributed by atoms with Gasteiger partial charge in [0.05, 0.1) is 6.10 Å². The fourth-order valence-corrected chi connectivity index (χ4v) is 7.12. The number of aliphatic hydroxyl groups is 1. The minimum absolute atomic E-state index is 0.0207. The summed E-state index contributed by atoms with van der Waals surface area (Å²) in [6.45, 7) is 8.27. The van der Waals surface area contributed by atoms with Crippen LogP contribution < -0.4 is 0 Å². The predicted molar refractivity (Wildman–Crippen MR) is 87.2 cm³/mol. The Morgan fingerprint density at radius 2 is 1.78 bits per heavy atom. The summed E-state index contributed by atoms with van der Waals surface area (Å²) in [6.07, 6.45) is 6.88. The van der Waals surface area contributed by atoms with Crippen LogP contribution in [0.25, 0.3) is 0 Å². The van der Waals surface area contributed by atoms with E-state index in [-0.39, 0.29) is 34.8 Å². The number of hydrogen-bond donors (Lipinski definition) is 1. The third kappa shape index (κ3) is 2.04. The monoisotopic (exact) mass is 324 g/mol. The molecule has 0 spiro atoms. The number of aliphatic hydroxyl groups excluding tert-OH is 1. The topological polar surface area (TPSA) is 20.2 Å². The van der Waals surface area contributed by atoms with Crippen LogP contribution in [-0.2, 0) is 0 Å². The molecular weight excluding hydrogens is 294 g/mol. The second-order valence-electron chi connectivity index (χ2n) is 9.43. The molecule has 7 atom stereocenters. The third-order valence-electron chi connectivity index (χ3n) is 8.63. The smallest absolute Gasteiger partial charge is 0.269 e. The largest absolute Gasteiger partial charge is 0.393 e. The first-order valence-electron chi connectivity index (χ1n) is 9.44. The Morgan fingerprint density at radius 3 is 2.52 bits per heavy atom. The molecule has 0 bridgehead atoms. The summed E-state index contributed by atoms with van der Waals surface area (Å²) in [5, 5.41) is 10.0. The van der Waals surface area contributed by atoms with Gasteiger partial charge in [-0.3, -0.25) is 0 Å². The molecule has 4 rings (SSSR count). The van der Waals surface area contributed by atoms with Gasteiger partial charge in [-0.15, -0.1) is 0 Å². The lowest BCUT2D eigenvalue weighted by Crippen LogP contribution is -2.53. The molecule has 4 fully saturated rings. The van der Waals surface area contributed by atoms with Crippen molar-refractivity contribution in [3.63, 3.8) is 0 Å². The highest BCUT2D eigenvalue weighted by atomic mass is 19.3. The third-order valence-corrected chi connectivity index (χ3v) is 8.63. The van der Waals surface area contributed by atoms with Gasteiger partial charge in [-0.1, -0.05) is 20.4 Å². The van der Waals surface area contributed by atoms with Gasteiger partial charge in [0.25, 0.3) is 5.92 Å². The Hall–Kier alpha value is -0.440. The van der Waals surface area contributed by atoms with Crippen molar-refractivity contribution in [2.45, 2.75) is 77.2 Å². The van der Waals surface area contributed by atoms with Gasteiger partial charge in [-0.05, 0) is 85.0 Å². The molecule has 0 aromatic heterocycles. The van der Waals surface area contributed by atoms with Crippen molar-refractivity contribution < 1.29 is 13.9 Å². The fraction of sp³-hybridized carbons (Fsp3) is 0.900. The Kier molecular flexibility index (Phi) is 3.35. The van der Waals surface area contributed by atoms with E-state index in [2.05, 4.69) is 20.4 Å². The van der Waals surface area contributed by atoms with Gasteiger partial charge in [0, 0.05) is 6.42 Å². The normalized spacial score (nSPS) is 55.0. The molecule has 4 saturated carbocycles. The summed E-state index contributed by atoms with van der Waals surface area (Å²) in [4.78, 5) is 0. The number of rotatable bonds is 0. The Labute approximate surface area is 138 Å². The molecule has 0 aromatic carbocycles. The first-order valence-corrected chi connectivity index (χ1v) is 9.44. The van der Waals surface area contributed by atoms with Crippen LogP contribution in [0.4, 0.5) is 8.78 Å². The van der Waals surface area contributed by atoms with Crippen molar-refractivity contribution in [1.82, 2.24) is 0 Å². The molecule has 3 heteroatoms. The van der Waals surface area contributed by atoms with E-state index in [1.54, 1.807) is 0 Å². The lowest BCUT2D eigenvalue weighted by molar-refractivity contribution is -0.118. The summed E-state index contributed by atoms with van der Waals surface area (Å²) < 4.78 is 28.8. The van der Waals surface area contributed by atoms with Crippen LogP contribution in [0.3, 0.4) is 0 Å². The molecule has 4 aliphatic rings. The van der Waals surface area contributed by atoms with E-state index in [1.165, 1.54) is 0 Å². The second kappa shape index (κ2) is 4.80. The SMILES string of the molecule is C=C1C(F)(F)CC2C3CC[C@H]4C[C@@H](O)CC[C@]4(C)C3CC[C@]12C. The van der Waals surface area contributed by atoms with E-state index in [1.807, 2.05) is 0 Å². The van der Waals surface area contributed by atoms with E-state index in [9.17, 15) is 13.9 Å². The number of allylic oxidation sites excluding steroid dienone is 1. The van der Waals surface area contributed by atoms with E-state index in [0.29, 0.717) is 17.8 Å². The average molecular weight is 324 g/mol. The van der Waals surface area contributed by atoms with Crippen molar-refractivity contribution in [3.05, 3.63) is 12.2 Å². The maximum Gasteiger partial charge on any atom is 0.269 e. The van der Waals surface area contributed by atoms with Crippen LogP contribution in [0, 0.1) is 34.5 Å². The van der Waals surface area contributed by atoms with Gasteiger partial charge in [0.2, 0.25) is 0 Å². The van der Waals surface area contributed by atoms with Crippen molar-refractivity contribution >= 4 is 0 Å². The highest BCUT2D eigenvalue weighted by Crippen LogP contribution is 2.69. The average Bonchev–Trinajstić information content (AvgIpc) is 2.68. The van der Waals surface area contributed by atoms with Gasteiger partial charge in [0.1, 0.15) is 0 Å². The molecule has 0 aliphatic heterocycles. The molecule has 1 N–H and O–H groups in total. The second-order valence-corrected chi connectivity index (χ2v) is 9.43. The lowest BCUT2D eigenvalue weighted by atomic mass is 9.45. The molecule has 0 amide bonds. The summed E-state index contributed by atoms with van der Waals surface area (Å²) in [6, 6.07) is 0. The van der Waals surface area contributed by atoms with Gasteiger partial charge < -0.3 is 5.11 Å². The molecule has 1 nitrogen and oxygen atoms in total. The number of alkyl halides is 2. The van der Waals surface area contributed by atoms with Crippen molar-refractivity contribution in [2.75, 3.05) is 0 Å². The van der Waals surface area contributed by atoms with Gasteiger partial charge in [0.15, 0.2) is 0 Å². The molecule has 23 heavy (non-hydrogen) atoms. The van der Waals surface area contributed by atoms with Crippen LogP contribution in [-0.4, -0.2) is 17.1 Å². The molecule has 3 unspecified atom stereocenters. The highest BCUT2D eigenvalue weighted by molar-refractivity contribution is 5.28. The van der Waals surface area contributed by atoms with E-state index in [4.69, 9.17) is 0 Å². The van der Waals surface area contributed by atoms with Crippen LogP contribution in [0.5, 0.6) is 0 Å². The molecule has 0 radical (unpaired) electrons. The summed E-state index contributed by atoms with van der Waals surface area (Å²) >= 11 is 0. The van der Waals surface area contributed by atoms with E-state index < -0.39 is 5.92 Å². The Balaban J connectivity index is 1.66. The first-order chi connectivity index (χ1) is 10.7. The molecule has 0 saturated heterocycles. The zero-order chi connectivity index (χ0) is 16.6. The molecule has 0 heterocycles. The van der Waals surface area contributed by atoms with Crippen LogP contribution in [0.2, 0.25) is 0 Å². The predicted octanol–water partition coefficient (Wildman–Crippen LogP) is 5.19. The van der Waals surface area contributed by atoms with Crippen LogP contribution in [0.15, 0.2) is 12.2 Å². The number of halogens is 2. The Bertz CT molecular complexity index is 530. The van der Waals surface area contributed by atoms with Crippen molar-refractivity contribution in [3.8, 4) is 0 Å². The maximum absolute atomic E-state index is 14.4. The number of fused-ring (bicyclic) bond motifs is 5. The minimum Gasteiger partial charge on any atom is -0.393 e. The summed E-state index contributed by atoms with van der Waals surface area (Å²) in [7, 11) is 0. The lowest BCUT2D eigenvalue weighted by Gasteiger charge is -2.60. The zero-order valence-corrected chi connectivity index (χ0v) is 14.5. The molecular formula is C20H30F2O. The van der Waals surface area contributed by atoms with Crippen LogP contribution in [0.1, 0.15) is 65.2 Å². The van der Waals surface area contributed by atoms with Gasteiger partial charge in [-0.2, -0.15) is 0 Å². The molecule has 0 aromatic rings. The maximum atomic E-state index is 14.4. The number of hydrogen-bond acceptors (Lipinski definition) is 1. The zero-order valence-electron chi connectivity index (χ0n) is 14.5. The summed E-state index contributed by atoms with van der Waals surface area (Å²) in [5.74, 6) is -0.992. The molecule has 4 aliphatic carbocycles. The fourth-order valence-electron chi connectivity index (χ4n) is 7.12. The Morgan fingerprint density at radius 1 is 1.04 bits per heavy atom. The molecule has 130 valence electrons. The van der Waals surface area contributed by atoms with Crippen molar-refractivity contribution in [2.24, 2.45) is 34.5 Å². The quantitative estimate of drug-likeness (QED) is 0.608. The van der Waals surface area contributed by atoms with Gasteiger partial charge >= 0.3 is 0 Å². The van der Waals surface area contributed by atoms with E-state index in [0.717, 1.165) is 44.9 Å². The highest BCUT2D eigenvalue weighted by Gasteiger charge is 2.64.